The van der Waals surface area contributed by atoms with Crippen molar-refractivity contribution in [3.8, 4) is 0 Å². The van der Waals surface area contributed by atoms with Crippen LogP contribution in [0.1, 0.15) is 39.5 Å². The third-order valence-corrected chi connectivity index (χ3v) is 3.65. The molecule has 3 rings (SSSR count). The van der Waals surface area contributed by atoms with Crippen molar-refractivity contribution >= 4 is 0 Å². The Labute approximate surface area is 67.5 Å². The topological polar surface area (TPSA) is 0 Å². The Morgan fingerprint density at radius 2 is 1.82 bits per heavy atom. The molecule has 0 atom stereocenters. The summed E-state index contributed by atoms with van der Waals surface area (Å²) in [5.74, 6) is 0.715. The van der Waals surface area contributed by atoms with E-state index in [1.807, 2.05) is 6.92 Å². The average Bonchev–Trinajstić information content (AvgIpc) is 2.01. The molecule has 1 fully saturated rings. The molecule has 3 aliphatic rings. The van der Waals surface area contributed by atoms with Gasteiger partial charge in [-0.3, -0.25) is 0 Å². The quantitative estimate of drug-likeness (QED) is 0.470. The van der Waals surface area contributed by atoms with Gasteiger partial charge < -0.3 is 0 Å². The molecule has 0 N–H and O–H groups in total. The number of alkyl halides is 1. The highest BCUT2D eigenvalue weighted by Crippen LogP contribution is 2.49. The summed E-state index contributed by atoms with van der Waals surface area (Å²) in [6.45, 7) is 4.08. The normalized spacial score (nSPS) is 43.4. The van der Waals surface area contributed by atoms with Crippen molar-refractivity contribution in [3.05, 3.63) is 11.1 Å². The minimum absolute atomic E-state index is 0.715. The van der Waals surface area contributed by atoms with Crippen LogP contribution < -0.4 is 0 Å². The van der Waals surface area contributed by atoms with Crippen molar-refractivity contribution in [2.24, 2.45) is 5.92 Å². The van der Waals surface area contributed by atoms with Gasteiger partial charge in [0.1, 0.15) is 5.67 Å². The highest BCUT2D eigenvalue weighted by molar-refractivity contribution is 5.29. The Balaban J connectivity index is 2.44. The fourth-order valence-electron chi connectivity index (χ4n) is 2.54. The number of rotatable bonds is 0. The highest BCUT2D eigenvalue weighted by Gasteiger charge is 2.43. The summed E-state index contributed by atoms with van der Waals surface area (Å²) in [6.07, 6.45) is 3.72. The third kappa shape index (κ3) is 0.863. The summed E-state index contributed by atoms with van der Waals surface area (Å²) in [5.41, 5.74) is 1.48. The van der Waals surface area contributed by atoms with Crippen LogP contribution in [0.25, 0.3) is 0 Å². The summed E-state index contributed by atoms with van der Waals surface area (Å²) >= 11 is 0. The Bertz CT molecular complexity index is 207. The maximum atomic E-state index is 13.9. The fourth-order valence-corrected chi connectivity index (χ4v) is 2.54. The van der Waals surface area contributed by atoms with Crippen molar-refractivity contribution in [3.63, 3.8) is 0 Å². The van der Waals surface area contributed by atoms with Crippen LogP contribution in [0.5, 0.6) is 0 Å². The minimum atomic E-state index is -0.904. The van der Waals surface area contributed by atoms with Gasteiger partial charge in [-0.2, -0.15) is 0 Å². The molecule has 0 radical (unpaired) electrons. The summed E-state index contributed by atoms with van der Waals surface area (Å²) in [6, 6.07) is 0. The molecule has 62 valence electrons. The second kappa shape index (κ2) is 2.09. The SMILES string of the molecule is CC1=C(C)C2(F)CCC1CC2. The Morgan fingerprint density at radius 3 is 2.18 bits per heavy atom. The first-order valence-corrected chi connectivity index (χ1v) is 4.50. The molecule has 0 amide bonds. The first-order valence-electron chi connectivity index (χ1n) is 4.50. The fraction of sp³-hybridized carbons (Fsp3) is 0.800. The van der Waals surface area contributed by atoms with Crippen LogP contribution in [0.3, 0.4) is 0 Å². The Kier molecular flexibility index (Phi) is 1.39. The predicted octanol–water partition coefficient (Wildman–Crippen LogP) is 3.23. The molecule has 0 aromatic heterocycles. The van der Waals surface area contributed by atoms with Gasteiger partial charge in [0.15, 0.2) is 0 Å². The van der Waals surface area contributed by atoms with E-state index >= 15 is 0 Å². The van der Waals surface area contributed by atoms with Crippen LogP contribution in [0, 0.1) is 5.92 Å². The molecule has 1 heteroatoms. The standard InChI is InChI=1S/C10H15F/c1-7-8(2)10(11)5-3-9(7)4-6-10/h9H,3-6H2,1-2H3. The first kappa shape index (κ1) is 7.33. The van der Waals surface area contributed by atoms with E-state index in [1.165, 1.54) is 5.57 Å². The van der Waals surface area contributed by atoms with Crippen LogP contribution in [-0.2, 0) is 0 Å². The monoisotopic (exact) mass is 154 g/mol. The van der Waals surface area contributed by atoms with Gasteiger partial charge in [-0.15, -0.1) is 0 Å². The van der Waals surface area contributed by atoms with Crippen LogP contribution in [-0.4, -0.2) is 5.67 Å². The molecule has 0 aromatic rings. The lowest BCUT2D eigenvalue weighted by Crippen LogP contribution is -2.37. The van der Waals surface area contributed by atoms with Gasteiger partial charge in [0.05, 0.1) is 0 Å². The number of halogens is 1. The second-order valence-electron chi connectivity index (χ2n) is 4.05. The third-order valence-electron chi connectivity index (χ3n) is 3.65. The zero-order chi connectivity index (χ0) is 8.06. The first-order chi connectivity index (χ1) is 5.13. The maximum Gasteiger partial charge on any atom is 0.132 e. The Hall–Kier alpha value is -0.330. The summed E-state index contributed by atoms with van der Waals surface area (Å²) in [4.78, 5) is 0. The van der Waals surface area contributed by atoms with Crippen molar-refractivity contribution in [2.45, 2.75) is 45.2 Å². The van der Waals surface area contributed by atoms with E-state index in [9.17, 15) is 4.39 Å². The van der Waals surface area contributed by atoms with E-state index in [-0.39, 0.29) is 0 Å². The summed E-state index contributed by atoms with van der Waals surface area (Å²) in [5, 5.41) is 0. The lowest BCUT2D eigenvalue weighted by atomic mass is 9.66. The molecular formula is C10H15F. The molecule has 0 aromatic carbocycles. The largest absolute Gasteiger partial charge is 0.239 e. The van der Waals surface area contributed by atoms with Crippen molar-refractivity contribution in [1.82, 2.24) is 0 Å². The minimum Gasteiger partial charge on any atom is -0.239 e. The van der Waals surface area contributed by atoms with E-state index in [1.54, 1.807) is 0 Å². The van der Waals surface area contributed by atoms with Crippen LogP contribution in [0.2, 0.25) is 0 Å². The van der Waals surface area contributed by atoms with E-state index in [0.29, 0.717) is 5.92 Å². The van der Waals surface area contributed by atoms with Gasteiger partial charge in [-0.1, -0.05) is 5.57 Å². The van der Waals surface area contributed by atoms with Crippen molar-refractivity contribution < 1.29 is 4.39 Å². The van der Waals surface area contributed by atoms with Gasteiger partial charge in [0, 0.05) is 0 Å². The Morgan fingerprint density at radius 1 is 1.27 bits per heavy atom. The number of hydrogen-bond acceptors (Lipinski definition) is 0. The second-order valence-corrected chi connectivity index (χ2v) is 4.05. The van der Waals surface area contributed by atoms with Crippen molar-refractivity contribution in [2.75, 3.05) is 0 Å². The molecular weight excluding hydrogens is 139 g/mol. The van der Waals surface area contributed by atoms with E-state index in [0.717, 1.165) is 31.3 Å². The maximum absolute atomic E-state index is 13.9. The molecule has 0 spiro atoms. The van der Waals surface area contributed by atoms with Crippen molar-refractivity contribution in [1.29, 1.82) is 0 Å². The summed E-state index contributed by atoms with van der Waals surface area (Å²) < 4.78 is 13.9. The molecule has 0 aliphatic heterocycles. The average molecular weight is 154 g/mol. The van der Waals surface area contributed by atoms with Gasteiger partial charge in [0.2, 0.25) is 0 Å². The highest BCUT2D eigenvalue weighted by atomic mass is 19.1. The predicted molar refractivity (Wildman–Crippen MR) is 44.2 cm³/mol. The van der Waals surface area contributed by atoms with E-state index in [2.05, 4.69) is 6.92 Å². The smallest absolute Gasteiger partial charge is 0.132 e. The molecule has 0 unspecified atom stereocenters. The molecule has 0 nitrogen and oxygen atoms in total. The molecule has 0 heterocycles. The van der Waals surface area contributed by atoms with Gasteiger partial charge in [-0.25, -0.2) is 4.39 Å². The zero-order valence-corrected chi connectivity index (χ0v) is 7.28. The number of allylic oxidation sites excluding steroid dienone is 2. The zero-order valence-electron chi connectivity index (χ0n) is 7.28. The molecule has 11 heavy (non-hydrogen) atoms. The summed E-state index contributed by atoms with van der Waals surface area (Å²) in [7, 11) is 0. The van der Waals surface area contributed by atoms with Gasteiger partial charge in [-0.05, 0) is 51.0 Å². The van der Waals surface area contributed by atoms with Crippen LogP contribution in [0.15, 0.2) is 11.1 Å². The number of fused-ring (bicyclic) bond motifs is 2. The van der Waals surface area contributed by atoms with Gasteiger partial charge >= 0.3 is 0 Å². The van der Waals surface area contributed by atoms with Crippen LogP contribution in [0.4, 0.5) is 4.39 Å². The van der Waals surface area contributed by atoms with Crippen LogP contribution >= 0.6 is 0 Å². The lowest BCUT2D eigenvalue weighted by Gasteiger charge is -2.42. The van der Waals surface area contributed by atoms with E-state index < -0.39 is 5.67 Å². The lowest BCUT2D eigenvalue weighted by molar-refractivity contribution is 0.107. The molecule has 1 saturated carbocycles. The van der Waals surface area contributed by atoms with E-state index in [4.69, 9.17) is 0 Å². The van der Waals surface area contributed by atoms with Gasteiger partial charge in [0.25, 0.3) is 0 Å². The molecule has 3 aliphatic carbocycles. The number of hydrogen-bond donors (Lipinski definition) is 0. The molecule has 0 saturated heterocycles. The molecule has 2 bridgehead atoms.